The van der Waals surface area contributed by atoms with E-state index >= 15 is 0 Å². The number of nitrogens with zero attached hydrogens (tertiary/aromatic N) is 2. The molecule has 12 heteroatoms. The van der Waals surface area contributed by atoms with Gasteiger partial charge in [-0.3, -0.25) is 4.72 Å². The van der Waals surface area contributed by atoms with Gasteiger partial charge in [-0.1, -0.05) is 36.7 Å². The molecule has 0 radical (unpaired) electrons. The minimum atomic E-state index is -4.54. The van der Waals surface area contributed by atoms with Crippen molar-refractivity contribution in [2.75, 3.05) is 24.4 Å². The average Bonchev–Trinajstić information content (AvgIpc) is 2.89. The quantitative estimate of drug-likeness (QED) is 0.236. The Hall–Kier alpha value is -1.92. The first-order valence-electron chi connectivity index (χ1n) is 12.1. The van der Waals surface area contributed by atoms with Gasteiger partial charge < -0.3 is 4.74 Å². The van der Waals surface area contributed by atoms with Gasteiger partial charge in [-0.05, 0) is 85.8 Å². The monoisotopic (exact) mass is 601 g/mol. The average molecular weight is 602 g/mol. The third-order valence-electron chi connectivity index (χ3n) is 5.53. The Bertz CT molecular complexity index is 1260. The van der Waals surface area contributed by atoms with Crippen LogP contribution in [0.15, 0.2) is 74.2 Å². The lowest BCUT2D eigenvalue weighted by molar-refractivity contribution is -0.137. The predicted octanol–water partition coefficient (Wildman–Crippen LogP) is 8.32. The number of hydrogen-bond donors (Lipinski definition) is 1. The standard InChI is InChI=1S/C26H27ClF3N3O2S3/c1-2-16-35-25-22(36-19-7-9-20(10-8-19)37-33-14-4-3-5-15-33)11-13-24(31-25)32-38(34)23-12-6-18(17-21(23)27)26(28,29)30/h6-13,17H,2-5,14-16H2,1H3,(H,31,32). The number of hydrogen-bond acceptors (Lipinski definition) is 6. The number of nitrogens with one attached hydrogen (secondary N) is 1. The highest BCUT2D eigenvalue weighted by atomic mass is 35.5. The SMILES string of the molecule is CCCOc1nc(NS(=O)c2ccc(C(F)(F)F)cc2Cl)ccc1Sc1ccc(SN2CCCCC2)cc1. The zero-order valence-corrected chi connectivity index (χ0v) is 23.8. The van der Waals surface area contributed by atoms with E-state index in [0.717, 1.165) is 47.5 Å². The fraction of sp³-hybridized carbons (Fsp3) is 0.346. The molecule has 38 heavy (non-hydrogen) atoms. The van der Waals surface area contributed by atoms with Gasteiger partial charge in [0, 0.05) is 22.9 Å². The lowest BCUT2D eigenvalue weighted by Crippen LogP contribution is -2.22. The molecule has 1 unspecified atom stereocenters. The normalized spacial score (nSPS) is 15.3. The molecule has 5 nitrogen and oxygen atoms in total. The van der Waals surface area contributed by atoms with Crippen molar-refractivity contribution in [3.8, 4) is 5.88 Å². The number of halogens is 4. The van der Waals surface area contributed by atoms with Crippen molar-refractivity contribution in [1.29, 1.82) is 0 Å². The topological polar surface area (TPSA) is 54.5 Å². The van der Waals surface area contributed by atoms with Gasteiger partial charge in [0.25, 0.3) is 0 Å². The predicted molar refractivity (Wildman–Crippen MR) is 148 cm³/mol. The van der Waals surface area contributed by atoms with Crippen LogP contribution in [0.3, 0.4) is 0 Å². The third kappa shape index (κ3) is 8.05. The Labute approximate surface area is 236 Å². The summed E-state index contributed by atoms with van der Waals surface area (Å²) in [7, 11) is -1.93. The second-order valence-corrected chi connectivity index (χ2v) is 12.4. The van der Waals surface area contributed by atoms with Crippen molar-refractivity contribution < 1.29 is 22.1 Å². The Morgan fingerprint density at radius 2 is 1.76 bits per heavy atom. The van der Waals surface area contributed by atoms with Crippen LogP contribution in [0.2, 0.25) is 5.02 Å². The minimum Gasteiger partial charge on any atom is -0.477 e. The van der Waals surface area contributed by atoms with Crippen LogP contribution in [0.25, 0.3) is 0 Å². The van der Waals surface area contributed by atoms with Crippen molar-refractivity contribution in [2.45, 2.75) is 58.4 Å². The van der Waals surface area contributed by atoms with Crippen LogP contribution in [0, 0.1) is 0 Å². The third-order valence-corrected chi connectivity index (χ3v) is 9.25. The first-order chi connectivity index (χ1) is 18.2. The molecule has 1 aromatic heterocycles. The molecule has 1 fully saturated rings. The smallest absolute Gasteiger partial charge is 0.416 e. The van der Waals surface area contributed by atoms with Gasteiger partial charge in [-0.15, -0.1) is 0 Å². The number of ether oxygens (including phenoxy) is 1. The molecule has 1 N–H and O–H groups in total. The Balaban J connectivity index is 1.46. The van der Waals surface area contributed by atoms with Crippen molar-refractivity contribution in [1.82, 2.24) is 9.29 Å². The summed E-state index contributed by atoms with van der Waals surface area (Å²) in [6.07, 6.45) is 0.0216. The molecule has 4 rings (SSSR count). The fourth-order valence-electron chi connectivity index (χ4n) is 3.64. The molecule has 0 saturated carbocycles. The van der Waals surface area contributed by atoms with Crippen LogP contribution in [-0.2, 0) is 17.2 Å². The van der Waals surface area contributed by atoms with E-state index in [2.05, 4.69) is 38.3 Å². The van der Waals surface area contributed by atoms with Crippen molar-refractivity contribution in [3.63, 3.8) is 0 Å². The van der Waals surface area contributed by atoms with E-state index < -0.39 is 22.7 Å². The van der Waals surface area contributed by atoms with Gasteiger partial charge in [-0.25, -0.2) is 8.51 Å². The van der Waals surface area contributed by atoms with Gasteiger partial charge >= 0.3 is 6.18 Å². The number of pyridine rings is 1. The lowest BCUT2D eigenvalue weighted by atomic mass is 10.2. The first kappa shape index (κ1) is 29.1. The van der Waals surface area contributed by atoms with E-state index in [9.17, 15) is 17.4 Å². The highest BCUT2D eigenvalue weighted by Gasteiger charge is 2.31. The zero-order valence-electron chi connectivity index (χ0n) is 20.6. The van der Waals surface area contributed by atoms with E-state index in [1.807, 2.05) is 13.0 Å². The summed E-state index contributed by atoms with van der Waals surface area (Å²) in [4.78, 5) is 7.51. The largest absolute Gasteiger partial charge is 0.477 e. The number of piperidine rings is 1. The maximum Gasteiger partial charge on any atom is 0.416 e. The van der Waals surface area contributed by atoms with E-state index in [1.165, 1.54) is 35.9 Å². The van der Waals surface area contributed by atoms with Crippen LogP contribution < -0.4 is 9.46 Å². The molecule has 1 saturated heterocycles. The van der Waals surface area contributed by atoms with Crippen LogP contribution in [0.4, 0.5) is 19.0 Å². The second kappa shape index (κ2) is 13.4. The Morgan fingerprint density at radius 1 is 1.05 bits per heavy atom. The van der Waals surface area contributed by atoms with Gasteiger partial charge in [0.15, 0.2) is 11.0 Å². The molecule has 0 spiro atoms. The molecule has 1 aliphatic rings. The van der Waals surface area contributed by atoms with E-state index in [-0.39, 0.29) is 15.7 Å². The van der Waals surface area contributed by atoms with Gasteiger partial charge in [0.05, 0.1) is 27.0 Å². The van der Waals surface area contributed by atoms with Crippen LogP contribution in [-0.4, -0.2) is 33.2 Å². The minimum absolute atomic E-state index is 0.0263. The molecule has 1 atom stereocenters. The van der Waals surface area contributed by atoms with Gasteiger partial charge in [0.1, 0.15) is 5.82 Å². The van der Waals surface area contributed by atoms with Crippen molar-refractivity contribution in [2.24, 2.45) is 0 Å². The number of rotatable bonds is 10. The Kier molecular flexibility index (Phi) is 10.3. The first-order valence-corrected chi connectivity index (χ1v) is 15.2. The highest BCUT2D eigenvalue weighted by Crippen LogP contribution is 2.37. The van der Waals surface area contributed by atoms with E-state index in [1.54, 1.807) is 18.0 Å². The molecule has 0 aliphatic carbocycles. The summed E-state index contributed by atoms with van der Waals surface area (Å²) in [6, 6.07) is 14.5. The molecular formula is C26H27ClF3N3O2S3. The van der Waals surface area contributed by atoms with Gasteiger partial charge in [0.2, 0.25) is 5.88 Å². The van der Waals surface area contributed by atoms with Crippen molar-refractivity contribution in [3.05, 3.63) is 65.2 Å². The number of aromatic nitrogens is 1. The van der Waals surface area contributed by atoms with Crippen LogP contribution >= 0.6 is 35.3 Å². The lowest BCUT2D eigenvalue weighted by Gasteiger charge is -2.25. The molecule has 0 bridgehead atoms. The second-order valence-electron chi connectivity index (χ2n) is 8.52. The molecule has 2 heterocycles. The summed E-state index contributed by atoms with van der Waals surface area (Å²) in [6.45, 7) is 4.65. The number of benzene rings is 2. The molecule has 1 aliphatic heterocycles. The highest BCUT2D eigenvalue weighted by molar-refractivity contribution is 7.99. The number of anilines is 1. The van der Waals surface area contributed by atoms with Crippen LogP contribution in [0.1, 0.15) is 38.2 Å². The molecule has 204 valence electrons. The molecular weight excluding hydrogens is 575 g/mol. The zero-order chi connectivity index (χ0) is 27.1. The van der Waals surface area contributed by atoms with E-state index in [0.29, 0.717) is 12.5 Å². The summed E-state index contributed by atoms with van der Waals surface area (Å²) in [5, 5.41) is -0.248. The summed E-state index contributed by atoms with van der Waals surface area (Å²) < 4.78 is 62.6. The molecule has 0 amide bonds. The van der Waals surface area contributed by atoms with Crippen molar-refractivity contribution >= 4 is 52.1 Å². The number of alkyl halides is 3. The van der Waals surface area contributed by atoms with E-state index in [4.69, 9.17) is 16.3 Å². The summed E-state index contributed by atoms with van der Waals surface area (Å²) in [5.41, 5.74) is -0.906. The fourth-order valence-corrected chi connectivity index (χ4v) is 6.73. The summed E-state index contributed by atoms with van der Waals surface area (Å²) >= 11 is 9.29. The summed E-state index contributed by atoms with van der Waals surface area (Å²) in [5.74, 6) is 0.632. The van der Waals surface area contributed by atoms with Crippen LogP contribution in [0.5, 0.6) is 5.88 Å². The molecule has 2 aromatic carbocycles. The van der Waals surface area contributed by atoms with Gasteiger partial charge in [-0.2, -0.15) is 18.2 Å². The maximum atomic E-state index is 12.9. The maximum absolute atomic E-state index is 12.9. The Morgan fingerprint density at radius 3 is 2.42 bits per heavy atom. The molecule has 3 aromatic rings.